The van der Waals surface area contributed by atoms with E-state index in [1.807, 2.05) is 16.7 Å². The molecule has 1 aliphatic rings. The summed E-state index contributed by atoms with van der Waals surface area (Å²) in [6, 6.07) is 0. The molecule has 1 saturated heterocycles. The first-order valence-electron chi connectivity index (χ1n) is 6.86. The molecular weight excluding hydrogens is 244 g/mol. The highest BCUT2D eigenvalue weighted by Gasteiger charge is 2.24. The average Bonchev–Trinajstić information content (AvgIpc) is 2.64. The Kier molecular flexibility index (Phi) is 5.99. The molecule has 0 spiro atoms. The number of carbonyl (C=O) groups is 1. The van der Waals surface area contributed by atoms with Crippen molar-refractivity contribution in [2.24, 2.45) is 5.92 Å². The Hall–Kier alpha value is -0.220. The predicted molar refractivity (Wildman–Crippen MR) is 80.1 cm³/mol. The summed E-state index contributed by atoms with van der Waals surface area (Å²) < 4.78 is 0.361. The third-order valence-corrected chi connectivity index (χ3v) is 4.56. The van der Waals surface area contributed by atoms with Crippen molar-refractivity contribution < 1.29 is 4.79 Å². The summed E-state index contributed by atoms with van der Waals surface area (Å²) in [4.78, 5) is 15.7. The molecular formula is C14H28N2OS. The number of amides is 1. The maximum absolute atomic E-state index is 11.3. The zero-order valence-corrected chi connectivity index (χ0v) is 13.3. The molecule has 1 atom stereocenters. The lowest BCUT2D eigenvalue weighted by Gasteiger charge is -2.23. The largest absolute Gasteiger partial charge is 0.343 e. The number of nitrogens with zero attached hydrogens (tertiary/aromatic N) is 2. The fourth-order valence-corrected chi connectivity index (χ4v) is 3.32. The SMILES string of the molecule is CC(=O)N1CC[C@@H](CN(C)CCSC(C)(C)C)C1. The van der Waals surface area contributed by atoms with Crippen LogP contribution in [0.15, 0.2) is 0 Å². The molecule has 18 heavy (non-hydrogen) atoms. The Labute approximate surface area is 116 Å². The molecule has 0 bridgehead atoms. The van der Waals surface area contributed by atoms with Crippen molar-refractivity contribution in [1.29, 1.82) is 0 Å². The second-order valence-electron chi connectivity index (χ2n) is 6.34. The van der Waals surface area contributed by atoms with E-state index in [1.54, 1.807) is 6.92 Å². The zero-order chi connectivity index (χ0) is 13.8. The summed E-state index contributed by atoms with van der Waals surface area (Å²) in [6.45, 7) is 12.6. The van der Waals surface area contributed by atoms with Crippen LogP contribution in [0.2, 0.25) is 0 Å². The average molecular weight is 272 g/mol. The zero-order valence-electron chi connectivity index (χ0n) is 12.5. The van der Waals surface area contributed by atoms with Crippen LogP contribution in [0.3, 0.4) is 0 Å². The van der Waals surface area contributed by atoms with Gasteiger partial charge < -0.3 is 9.80 Å². The number of thioether (sulfide) groups is 1. The molecule has 0 aromatic rings. The molecule has 0 aliphatic carbocycles. The second-order valence-corrected chi connectivity index (χ2v) is 8.26. The Morgan fingerprint density at radius 1 is 1.44 bits per heavy atom. The van der Waals surface area contributed by atoms with Gasteiger partial charge in [-0.25, -0.2) is 0 Å². The standard InChI is InChI=1S/C14H28N2OS/c1-12(17)16-7-6-13(11-16)10-15(5)8-9-18-14(2,3)4/h13H,6-11H2,1-5H3/t13-/m0/s1. The van der Waals surface area contributed by atoms with Gasteiger partial charge in [0.25, 0.3) is 0 Å². The van der Waals surface area contributed by atoms with Gasteiger partial charge in [0.15, 0.2) is 0 Å². The predicted octanol–water partition coefficient (Wildman–Crippen LogP) is 2.32. The molecule has 1 rings (SSSR count). The lowest BCUT2D eigenvalue weighted by molar-refractivity contribution is -0.127. The van der Waals surface area contributed by atoms with Crippen LogP contribution in [-0.4, -0.2) is 59.4 Å². The van der Waals surface area contributed by atoms with Crippen LogP contribution in [0.1, 0.15) is 34.1 Å². The van der Waals surface area contributed by atoms with Crippen LogP contribution >= 0.6 is 11.8 Å². The molecule has 0 saturated carbocycles. The molecule has 0 radical (unpaired) electrons. The molecule has 0 N–H and O–H groups in total. The van der Waals surface area contributed by atoms with Crippen LogP contribution in [0, 0.1) is 5.92 Å². The minimum atomic E-state index is 0.225. The molecule has 3 nitrogen and oxygen atoms in total. The summed E-state index contributed by atoms with van der Waals surface area (Å²) in [7, 11) is 2.19. The van der Waals surface area contributed by atoms with Gasteiger partial charge in [-0.2, -0.15) is 11.8 Å². The second kappa shape index (κ2) is 6.80. The van der Waals surface area contributed by atoms with E-state index in [4.69, 9.17) is 0 Å². The van der Waals surface area contributed by atoms with Crippen molar-refractivity contribution in [3.63, 3.8) is 0 Å². The van der Waals surface area contributed by atoms with E-state index in [2.05, 4.69) is 32.7 Å². The van der Waals surface area contributed by atoms with Crippen LogP contribution in [0.4, 0.5) is 0 Å². The minimum absolute atomic E-state index is 0.225. The molecule has 1 heterocycles. The van der Waals surface area contributed by atoms with E-state index in [9.17, 15) is 4.79 Å². The number of hydrogen-bond donors (Lipinski definition) is 0. The highest BCUT2D eigenvalue weighted by molar-refractivity contribution is 8.00. The first kappa shape index (κ1) is 15.8. The minimum Gasteiger partial charge on any atom is -0.343 e. The quantitative estimate of drug-likeness (QED) is 0.767. The van der Waals surface area contributed by atoms with Crippen molar-refractivity contribution in [3.05, 3.63) is 0 Å². The summed E-state index contributed by atoms with van der Waals surface area (Å²) in [6.07, 6.45) is 1.16. The maximum Gasteiger partial charge on any atom is 0.219 e. The summed E-state index contributed by atoms with van der Waals surface area (Å²) in [5, 5.41) is 0. The highest BCUT2D eigenvalue weighted by Crippen LogP contribution is 2.23. The van der Waals surface area contributed by atoms with Crippen molar-refractivity contribution in [1.82, 2.24) is 9.80 Å². The Morgan fingerprint density at radius 3 is 2.61 bits per heavy atom. The highest BCUT2D eigenvalue weighted by atomic mass is 32.2. The fraction of sp³-hybridized carbons (Fsp3) is 0.929. The first-order chi connectivity index (χ1) is 8.28. The van der Waals surface area contributed by atoms with Gasteiger partial charge in [-0.1, -0.05) is 20.8 Å². The molecule has 0 aromatic carbocycles. The number of hydrogen-bond acceptors (Lipinski definition) is 3. The van der Waals surface area contributed by atoms with Crippen LogP contribution < -0.4 is 0 Å². The van der Waals surface area contributed by atoms with Gasteiger partial charge in [0.05, 0.1) is 0 Å². The molecule has 0 unspecified atom stereocenters. The van der Waals surface area contributed by atoms with Crippen LogP contribution in [0.5, 0.6) is 0 Å². The van der Waals surface area contributed by atoms with Gasteiger partial charge in [0.2, 0.25) is 5.91 Å². The number of likely N-dealkylation sites (tertiary alicyclic amines) is 1. The van der Waals surface area contributed by atoms with E-state index in [0.717, 1.165) is 32.6 Å². The fourth-order valence-electron chi connectivity index (χ4n) is 2.31. The molecule has 1 amide bonds. The summed E-state index contributed by atoms with van der Waals surface area (Å²) >= 11 is 2.02. The van der Waals surface area contributed by atoms with Gasteiger partial charge in [0, 0.05) is 43.6 Å². The number of rotatable bonds is 5. The summed E-state index contributed by atoms with van der Waals surface area (Å²) in [5.41, 5.74) is 0. The Bertz CT molecular complexity index is 275. The Balaban J connectivity index is 2.17. The lowest BCUT2D eigenvalue weighted by Crippen LogP contribution is -2.31. The van der Waals surface area contributed by atoms with E-state index < -0.39 is 0 Å². The lowest BCUT2D eigenvalue weighted by atomic mass is 10.1. The Morgan fingerprint density at radius 2 is 2.11 bits per heavy atom. The van der Waals surface area contributed by atoms with Gasteiger partial charge in [-0.05, 0) is 19.4 Å². The molecule has 4 heteroatoms. The van der Waals surface area contributed by atoms with Crippen molar-refractivity contribution >= 4 is 17.7 Å². The molecule has 0 aromatic heterocycles. The van der Waals surface area contributed by atoms with Crippen molar-refractivity contribution in [2.45, 2.75) is 38.9 Å². The van der Waals surface area contributed by atoms with Crippen LogP contribution in [-0.2, 0) is 4.79 Å². The van der Waals surface area contributed by atoms with Gasteiger partial charge in [0.1, 0.15) is 0 Å². The van der Waals surface area contributed by atoms with Gasteiger partial charge in [-0.15, -0.1) is 0 Å². The number of carbonyl (C=O) groups excluding carboxylic acids is 1. The third-order valence-electron chi connectivity index (χ3n) is 3.31. The van der Waals surface area contributed by atoms with E-state index >= 15 is 0 Å². The normalized spacial score (nSPS) is 20.8. The van der Waals surface area contributed by atoms with E-state index in [-0.39, 0.29) is 5.91 Å². The van der Waals surface area contributed by atoms with E-state index in [0.29, 0.717) is 10.7 Å². The topological polar surface area (TPSA) is 23.6 Å². The third kappa shape index (κ3) is 6.10. The smallest absolute Gasteiger partial charge is 0.219 e. The molecule has 106 valence electrons. The molecule has 1 fully saturated rings. The van der Waals surface area contributed by atoms with Crippen molar-refractivity contribution in [2.75, 3.05) is 39.0 Å². The first-order valence-corrected chi connectivity index (χ1v) is 7.84. The summed E-state index contributed by atoms with van der Waals surface area (Å²) in [5.74, 6) is 2.07. The van der Waals surface area contributed by atoms with Crippen LogP contribution in [0.25, 0.3) is 0 Å². The van der Waals surface area contributed by atoms with Gasteiger partial charge >= 0.3 is 0 Å². The van der Waals surface area contributed by atoms with Gasteiger partial charge in [-0.3, -0.25) is 4.79 Å². The van der Waals surface area contributed by atoms with E-state index in [1.165, 1.54) is 5.75 Å². The monoisotopic (exact) mass is 272 g/mol. The maximum atomic E-state index is 11.3. The molecule has 1 aliphatic heterocycles. The van der Waals surface area contributed by atoms with Crippen molar-refractivity contribution in [3.8, 4) is 0 Å².